The molecular formula is C10H10FIO2. The van der Waals surface area contributed by atoms with Crippen LogP contribution < -0.4 is 0 Å². The van der Waals surface area contributed by atoms with Gasteiger partial charge < -0.3 is 5.11 Å². The molecule has 0 radical (unpaired) electrons. The van der Waals surface area contributed by atoms with Gasteiger partial charge in [0.25, 0.3) is 0 Å². The third-order valence-electron chi connectivity index (χ3n) is 1.84. The highest BCUT2D eigenvalue weighted by Gasteiger charge is 2.04. The molecule has 0 heterocycles. The number of benzene rings is 1. The zero-order valence-electron chi connectivity index (χ0n) is 7.46. The van der Waals surface area contributed by atoms with Gasteiger partial charge in [-0.05, 0) is 59.2 Å². The summed E-state index contributed by atoms with van der Waals surface area (Å²) < 4.78 is 14.1. The van der Waals surface area contributed by atoms with Gasteiger partial charge in [0.05, 0.1) is 0 Å². The van der Waals surface area contributed by atoms with Gasteiger partial charge in [-0.1, -0.05) is 0 Å². The average molecular weight is 308 g/mol. The molecule has 1 N–H and O–H groups in total. The summed E-state index contributed by atoms with van der Waals surface area (Å²) in [5.74, 6) is -1.09. The molecule has 0 atom stereocenters. The van der Waals surface area contributed by atoms with E-state index in [1.165, 1.54) is 6.07 Å². The maximum Gasteiger partial charge on any atom is 0.303 e. The van der Waals surface area contributed by atoms with E-state index < -0.39 is 5.97 Å². The maximum atomic E-state index is 13.1. The summed E-state index contributed by atoms with van der Waals surface area (Å²) in [6, 6.07) is 4.85. The van der Waals surface area contributed by atoms with Gasteiger partial charge in [-0.2, -0.15) is 0 Å². The molecule has 0 saturated heterocycles. The molecule has 0 unspecified atom stereocenters. The number of halogens is 2. The lowest BCUT2D eigenvalue weighted by Crippen LogP contribution is -1.97. The van der Waals surface area contributed by atoms with Crippen LogP contribution in [0.4, 0.5) is 4.39 Å². The monoisotopic (exact) mass is 308 g/mol. The van der Waals surface area contributed by atoms with Crippen molar-refractivity contribution in [3.8, 4) is 0 Å². The van der Waals surface area contributed by atoms with E-state index in [0.717, 1.165) is 3.57 Å². The van der Waals surface area contributed by atoms with Crippen molar-refractivity contribution >= 4 is 28.6 Å². The minimum Gasteiger partial charge on any atom is -0.481 e. The predicted molar refractivity (Wildman–Crippen MR) is 59.7 cm³/mol. The molecular weight excluding hydrogens is 298 g/mol. The zero-order chi connectivity index (χ0) is 10.6. The molecule has 0 aliphatic rings. The van der Waals surface area contributed by atoms with Crippen LogP contribution in [0.15, 0.2) is 18.2 Å². The maximum absolute atomic E-state index is 13.1. The van der Waals surface area contributed by atoms with E-state index in [0.29, 0.717) is 18.4 Å². The molecule has 0 fully saturated rings. The van der Waals surface area contributed by atoms with E-state index in [-0.39, 0.29) is 12.2 Å². The Morgan fingerprint density at radius 2 is 2.21 bits per heavy atom. The number of carboxylic acids is 1. The van der Waals surface area contributed by atoms with E-state index in [4.69, 9.17) is 5.11 Å². The van der Waals surface area contributed by atoms with Gasteiger partial charge >= 0.3 is 5.97 Å². The van der Waals surface area contributed by atoms with Crippen molar-refractivity contribution in [2.75, 3.05) is 0 Å². The summed E-state index contributed by atoms with van der Waals surface area (Å²) >= 11 is 2.10. The minimum absolute atomic E-state index is 0.0882. The van der Waals surface area contributed by atoms with Crippen molar-refractivity contribution in [3.63, 3.8) is 0 Å². The van der Waals surface area contributed by atoms with Gasteiger partial charge in [-0.25, -0.2) is 4.39 Å². The highest BCUT2D eigenvalue weighted by atomic mass is 127. The van der Waals surface area contributed by atoms with E-state index in [2.05, 4.69) is 22.6 Å². The summed E-state index contributed by atoms with van der Waals surface area (Å²) in [6.45, 7) is 0. The Morgan fingerprint density at radius 3 is 2.86 bits per heavy atom. The van der Waals surface area contributed by atoms with Crippen LogP contribution in [0.25, 0.3) is 0 Å². The number of hydrogen-bond acceptors (Lipinski definition) is 1. The lowest BCUT2D eigenvalue weighted by molar-refractivity contribution is -0.137. The Balaban J connectivity index is 2.57. The van der Waals surface area contributed by atoms with Crippen molar-refractivity contribution in [1.29, 1.82) is 0 Å². The lowest BCUT2D eigenvalue weighted by atomic mass is 10.1. The van der Waals surface area contributed by atoms with Crippen molar-refractivity contribution in [3.05, 3.63) is 33.1 Å². The van der Waals surface area contributed by atoms with Crippen molar-refractivity contribution in [2.45, 2.75) is 19.3 Å². The molecule has 0 bridgehead atoms. The van der Waals surface area contributed by atoms with Crippen LogP contribution in [-0.2, 0) is 11.2 Å². The van der Waals surface area contributed by atoms with Crippen LogP contribution >= 0.6 is 22.6 Å². The van der Waals surface area contributed by atoms with Crippen LogP contribution in [0.2, 0.25) is 0 Å². The SMILES string of the molecule is O=C(O)CCCc1cc(I)ccc1F. The molecule has 14 heavy (non-hydrogen) atoms. The number of aryl methyl sites for hydroxylation is 1. The van der Waals surface area contributed by atoms with Gasteiger partial charge in [0.1, 0.15) is 5.82 Å². The lowest BCUT2D eigenvalue weighted by Gasteiger charge is -2.02. The Labute approximate surface area is 95.3 Å². The van der Waals surface area contributed by atoms with E-state index in [1.807, 2.05) is 0 Å². The third-order valence-corrected chi connectivity index (χ3v) is 2.52. The molecule has 0 amide bonds. The van der Waals surface area contributed by atoms with E-state index >= 15 is 0 Å². The topological polar surface area (TPSA) is 37.3 Å². The Kier molecular flexibility index (Phi) is 4.31. The van der Waals surface area contributed by atoms with E-state index in [9.17, 15) is 9.18 Å². The molecule has 0 saturated carbocycles. The quantitative estimate of drug-likeness (QED) is 0.869. The van der Waals surface area contributed by atoms with Crippen LogP contribution in [0.5, 0.6) is 0 Å². The number of carboxylic acid groups (broad SMARTS) is 1. The molecule has 1 aromatic carbocycles. The number of rotatable bonds is 4. The second kappa shape index (κ2) is 5.29. The van der Waals surface area contributed by atoms with Gasteiger partial charge in [0, 0.05) is 9.99 Å². The summed E-state index contributed by atoms with van der Waals surface area (Å²) in [6.07, 6.45) is 1.05. The molecule has 0 spiro atoms. The first-order valence-corrected chi connectivity index (χ1v) is 5.33. The normalized spacial score (nSPS) is 10.1. The summed E-state index contributed by atoms with van der Waals surface area (Å²) in [4.78, 5) is 10.2. The first kappa shape index (κ1) is 11.4. The fraction of sp³-hybridized carbons (Fsp3) is 0.300. The van der Waals surface area contributed by atoms with Gasteiger partial charge in [-0.3, -0.25) is 4.79 Å². The fourth-order valence-electron chi connectivity index (χ4n) is 1.16. The average Bonchev–Trinajstić information content (AvgIpc) is 2.10. The number of carbonyl (C=O) groups is 1. The summed E-state index contributed by atoms with van der Waals surface area (Å²) in [5, 5.41) is 8.42. The second-order valence-corrected chi connectivity index (χ2v) is 4.23. The smallest absolute Gasteiger partial charge is 0.303 e. The van der Waals surface area contributed by atoms with Crippen molar-refractivity contribution < 1.29 is 14.3 Å². The Morgan fingerprint density at radius 1 is 1.50 bits per heavy atom. The number of aliphatic carboxylic acids is 1. The Bertz CT molecular complexity index is 339. The predicted octanol–water partition coefficient (Wildman–Crippen LogP) is 2.84. The molecule has 1 rings (SSSR count). The van der Waals surface area contributed by atoms with Gasteiger partial charge in [0.2, 0.25) is 0 Å². The summed E-state index contributed by atoms with van der Waals surface area (Å²) in [5.41, 5.74) is 0.596. The molecule has 4 heteroatoms. The third kappa shape index (κ3) is 3.61. The highest BCUT2D eigenvalue weighted by molar-refractivity contribution is 14.1. The van der Waals surface area contributed by atoms with Gasteiger partial charge in [0.15, 0.2) is 0 Å². The fourth-order valence-corrected chi connectivity index (χ4v) is 1.72. The molecule has 2 nitrogen and oxygen atoms in total. The van der Waals surface area contributed by atoms with Crippen molar-refractivity contribution in [2.24, 2.45) is 0 Å². The summed E-state index contributed by atoms with van der Waals surface area (Å²) in [7, 11) is 0. The first-order valence-electron chi connectivity index (χ1n) is 4.25. The molecule has 76 valence electrons. The highest BCUT2D eigenvalue weighted by Crippen LogP contribution is 2.14. The van der Waals surface area contributed by atoms with Gasteiger partial charge in [-0.15, -0.1) is 0 Å². The van der Waals surface area contributed by atoms with Crippen LogP contribution in [0.3, 0.4) is 0 Å². The second-order valence-electron chi connectivity index (χ2n) is 2.98. The van der Waals surface area contributed by atoms with Crippen LogP contribution in [0.1, 0.15) is 18.4 Å². The number of hydrogen-bond donors (Lipinski definition) is 1. The zero-order valence-corrected chi connectivity index (χ0v) is 9.62. The molecule has 0 aromatic heterocycles. The first-order chi connectivity index (χ1) is 6.59. The standard InChI is InChI=1S/C10H10FIO2/c11-9-5-4-8(12)6-7(9)2-1-3-10(13)14/h4-6H,1-3H2,(H,13,14). The van der Waals surface area contributed by atoms with Crippen LogP contribution in [0, 0.1) is 9.39 Å². The largest absolute Gasteiger partial charge is 0.481 e. The van der Waals surface area contributed by atoms with Crippen molar-refractivity contribution in [1.82, 2.24) is 0 Å². The molecule has 0 aliphatic carbocycles. The van der Waals surface area contributed by atoms with Crippen LogP contribution in [-0.4, -0.2) is 11.1 Å². The molecule has 1 aromatic rings. The minimum atomic E-state index is -0.837. The van der Waals surface area contributed by atoms with E-state index in [1.54, 1.807) is 12.1 Å². The Hall–Kier alpha value is -0.650. The molecule has 0 aliphatic heterocycles.